The SMILES string of the molecule is CCOc1ccc(C2/C(=C(/O)c3ccc(OC)cc3)C(=O)C(=O)N2CCCOC)cc1. The van der Waals surface area contributed by atoms with Crippen LogP contribution in [0.3, 0.4) is 0 Å². The number of methoxy groups -OCH3 is 2. The van der Waals surface area contributed by atoms with Gasteiger partial charge in [0.05, 0.1) is 25.3 Å². The zero-order chi connectivity index (χ0) is 22.4. The average molecular weight is 425 g/mol. The lowest BCUT2D eigenvalue weighted by Crippen LogP contribution is -2.31. The van der Waals surface area contributed by atoms with Gasteiger partial charge in [0.1, 0.15) is 17.3 Å². The fourth-order valence-electron chi connectivity index (χ4n) is 3.65. The fourth-order valence-corrected chi connectivity index (χ4v) is 3.65. The summed E-state index contributed by atoms with van der Waals surface area (Å²) in [5.74, 6) is -0.235. The minimum absolute atomic E-state index is 0.0664. The number of rotatable bonds is 9. The van der Waals surface area contributed by atoms with E-state index in [1.54, 1.807) is 50.6 Å². The Morgan fingerprint density at radius 3 is 2.23 bits per heavy atom. The molecule has 7 nitrogen and oxygen atoms in total. The number of Topliss-reactive ketones (excluding diaryl/α,β-unsaturated/α-hetero) is 1. The van der Waals surface area contributed by atoms with Gasteiger partial charge in [-0.15, -0.1) is 0 Å². The molecule has 1 N–H and O–H groups in total. The molecule has 2 aromatic carbocycles. The molecule has 1 heterocycles. The first-order chi connectivity index (χ1) is 15.0. The maximum absolute atomic E-state index is 12.9. The maximum Gasteiger partial charge on any atom is 0.295 e. The van der Waals surface area contributed by atoms with Crippen molar-refractivity contribution >= 4 is 17.4 Å². The third-order valence-electron chi connectivity index (χ3n) is 5.16. The zero-order valence-corrected chi connectivity index (χ0v) is 18.0. The van der Waals surface area contributed by atoms with Crippen LogP contribution in [0.5, 0.6) is 11.5 Å². The average Bonchev–Trinajstić information content (AvgIpc) is 3.04. The molecule has 0 saturated carbocycles. The van der Waals surface area contributed by atoms with Crippen molar-refractivity contribution in [3.05, 3.63) is 65.2 Å². The van der Waals surface area contributed by atoms with Crippen molar-refractivity contribution in [3.8, 4) is 11.5 Å². The van der Waals surface area contributed by atoms with Gasteiger partial charge in [0.15, 0.2) is 0 Å². The topological polar surface area (TPSA) is 85.3 Å². The highest BCUT2D eigenvalue weighted by Crippen LogP contribution is 2.40. The number of benzene rings is 2. The normalized spacial score (nSPS) is 17.8. The molecule has 1 aliphatic heterocycles. The second-order valence-corrected chi connectivity index (χ2v) is 7.07. The number of ketones is 1. The molecule has 0 radical (unpaired) electrons. The number of carbonyl (C=O) groups is 2. The van der Waals surface area contributed by atoms with E-state index < -0.39 is 17.7 Å². The van der Waals surface area contributed by atoms with Gasteiger partial charge in [-0.05, 0) is 55.3 Å². The highest BCUT2D eigenvalue weighted by Gasteiger charge is 2.45. The molecule has 2 aromatic rings. The molecule has 0 spiro atoms. The Morgan fingerprint density at radius 1 is 1.00 bits per heavy atom. The number of ether oxygens (including phenoxy) is 3. The van der Waals surface area contributed by atoms with E-state index in [0.29, 0.717) is 43.2 Å². The van der Waals surface area contributed by atoms with Gasteiger partial charge in [-0.2, -0.15) is 0 Å². The Kier molecular flexibility index (Phi) is 7.31. The molecule has 7 heteroatoms. The molecule has 0 bridgehead atoms. The Hall–Kier alpha value is -3.32. The van der Waals surface area contributed by atoms with Gasteiger partial charge >= 0.3 is 0 Å². The summed E-state index contributed by atoms with van der Waals surface area (Å²) in [7, 11) is 3.13. The van der Waals surface area contributed by atoms with E-state index in [1.807, 2.05) is 19.1 Å². The second kappa shape index (κ2) is 10.1. The van der Waals surface area contributed by atoms with Gasteiger partial charge in [-0.25, -0.2) is 0 Å². The standard InChI is InChI=1S/C24H27NO6/c1-4-31-19-12-6-16(7-13-19)21-20(22(26)17-8-10-18(30-3)11-9-17)23(27)24(28)25(21)14-5-15-29-2/h6-13,21,26H,4-5,14-15H2,1-3H3/b22-20-. The van der Waals surface area contributed by atoms with Crippen LogP contribution in [-0.2, 0) is 14.3 Å². The highest BCUT2D eigenvalue weighted by atomic mass is 16.5. The lowest BCUT2D eigenvalue weighted by molar-refractivity contribution is -0.140. The minimum Gasteiger partial charge on any atom is -0.507 e. The maximum atomic E-state index is 12.9. The molecule has 1 saturated heterocycles. The summed E-state index contributed by atoms with van der Waals surface area (Å²) in [4.78, 5) is 27.3. The monoisotopic (exact) mass is 425 g/mol. The van der Waals surface area contributed by atoms with Crippen LogP contribution in [0, 0.1) is 0 Å². The van der Waals surface area contributed by atoms with E-state index >= 15 is 0 Å². The Morgan fingerprint density at radius 2 is 1.65 bits per heavy atom. The summed E-state index contributed by atoms with van der Waals surface area (Å²) < 4.78 is 15.8. The van der Waals surface area contributed by atoms with Crippen LogP contribution in [0.2, 0.25) is 0 Å². The number of aliphatic hydroxyl groups is 1. The van der Waals surface area contributed by atoms with Crippen LogP contribution >= 0.6 is 0 Å². The van der Waals surface area contributed by atoms with Crippen molar-refractivity contribution in [2.45, 2.75) is 19.4 Å². The van der Waals surface area contributed by atoms with Gasteiger partial charge in [-0.3, -0.25) is 9.59 Å². The summed E-state index contributed by atoms with van der Waals surface area (Å²) in [5, 5.41) is 11.0. The summed E-state index contributed by atoms with van der Waals surface area (Å²) in [6.45, 7) is 3.22. The van der Waals surface area contributed by atoms with E-state index in [0.717, 1.165) is 5.56 Å². The first-order valence-corrected chi connectivity index (χ1v) is 10.2. The molecule has 1 fully saturated rings. The predicted octanol–water partition coefficient (Wildman–Crippen LogP) is 3.55. The van der Waals surface area contributed by atoms with E-state index in [4.69, 9.17) is 14.2 Å². The van der Waals surface area contributed by atoms with Crippen molar-refractivity contribution in [3.63, 3.8) is 0 Å². The molecular formula is C24H27NO6. The first kappa shape index (κ1) is 22.4. The van der Waals surface area contributed by atoms with Crippen LogP contribution in [0.4, 0.5) is 0 Å². The lowest BCUT2D eigenvalue weighted by Gasteiger charge is -2.25. The number of hydrogen-bond donors (Lipinski definition) is 1. The molecular weight excluding hydrogens is 398 g/mol. The summed E-state index contributed by atoms with van der Waals surface area (Å²) in [6, 6.07) is 13.2. The van der Waals surface area contributed by atoms with Crippen molar-refractivity contribution in [1.29, 1.82) is 0 Å². The second-order valence-electron chi connectivity index (χ2n) is 7.07. The minimum atomic E-state index is -0.704. The van der Waals surface area contributed by atoms with Crippen molar-refractivity contribution in [1.82, 2.24) is 4.90 Å². The van der Waals surface area contributed by atoms with Gasteiger partial charge in [0.2, 0.25) is 0 Å². The van der Waals surface area contributed by atoms with Crippen LogP contribution < -0.4 is 9.47 Å². The number of likely N-dealkylation sites (tertiary alicyclic amines) is 1. The van der Waals surface area contributed by atoms with E-state index in [-0.39, 0.29) is 11.3 Å². The highest BCUT2D eigenvalue weighted by molar-refractivity contribution is 6.46. The van der Waals surface area contributed by atoms with Crippen LogP contribution in [0.25, 0.3) is 5.76 Å². The number of carbonyl (C=O) groups excluding carboxylic acids is 2. The Balaban J connectivity index is 2.06. The molecule has 1 unspecified atom stereocenters. The van der Waals surface area contributed by atoms with Gasteiger partial charge < -0.3 is 24.2 Å². The third-order valence-corrected chi connectivity index (χ3v) is 5.16. The largest absolute Gasteiger partial charge is 0.507 e. The van der Waals surface area contributed by atoms with E-state index in [2.05, 4.69) is 0 Å². The zero-order valence-electron chi connectivity index (χ0n) is 18.0. The van der Waals surface area contributed by atoms with Crippen molar-refractivity contribution < 1.29 is 28.9 Å². The van der Waals surface area contributed by atoms with Gasteiger partial charge in [-0.1, -0.05) is 12.1 Å². The fraction of sp³-hybridized carbons (Fsp3) is 0.333. The number of hydrogen-bond acceptors (Lipinski definition) is 6. The number of aliphatic hydroxyl groups excluding tert-OH is 1. The lowest BCUT2D eigenvalue weighted by atomic mass is 9.95. The molecule has 0 aromatic heterocycles. The molecule has 3 rings (SSSR count). The molecule has 1 atom stereocenters. The van der Waals surface area contributed by atoms with E-state index in [9.17, 15) is 14.7 Å². The van der Waals surface area contributed by atoms with Crippen molar-refractivity contribution in [2.75, 3.05) is 34.0 Å². The number of nitrogens with zero attached hydrogens (tertiary/aromatic N) is 1. The quantitative estimate of drug-likeness (QED) is 0.286. The van der Waals surface area contributed by atoms with Gasteiger partial charge in [0, 0.05) is 25.8 Å². The first-order valence-electron chi connectivity index (χ1n) is 10.2. The molecule has 1 aliphatic rings. The molecule has 164 valence electrons. The third kappa shape index (κ3) is 4.72. The smallest absolute Gasteiger partial charge is 0.295 e. The van der Waals surface area contributed by atoms with E-state index in [1.165, 1.54) is 4.90 Å². The molecule has 31 heavy (non-hydrogen) atoms. The molecule has 1 amide bonds. The summed E-state index contributed by atoms with van der Waals surface area (Å²) >= 11 is 0. The van der Waals surface area contributed by atoms with Crippen LogP contribution in [-0.4, -0.2) is 55.7 Å². The Labute approximate surface area is 181 Å². The van der Waals surface area contributed by atoms with Crippen LogP contribution in [0.15, 0.2) is 54.1 Å². The van der Waals surface area contributed by atoms with Gasteiger partial charge in [0.25, 0.3) is 11.7 Å². The number of amides is 1. The summed E-state index contributed by atoms with van der Waals surface area (Å²) in [6.07, 6.45) is 0.569. The molecule has 0 aliphatic carbocycles. The predicted molar refractivity (Wildman–Crippen MR) is 116 cm³/mol. The van der Waals surface area contributed by atoms with Crippen molar-refractivity contribution in [2.24, 2.45) is 0 Å². The van der Waals surface area contributed by atoms with Crippen LogP contribution in [0.1, 0.15) is 30.5 Å². The summed E-state index contributed by atoms with van der Waals surface area (Å²) in [5.41, 5.74) is 1.22. The Bertz CT molecular complexity index is 949.